The topological polar surface area (TPSA) is 52.5 Å². The lowest BCUT2D eigenvalue weighted by Gasteiger charge is -2.51. The third-order valence-electron chi connectivity index (χ3n) is 5.19. The van der Waals surface area contributed by atoms with Crippen LogP contribution >= 0.6 is 0 Å². The molecule has 0 radical (unpaired) electrons. The first-order valence-electron chi connectivity index (χ1n) is 7.02. The summed E-state index contributed by atoms with van der Waals surface area (Å²) in [5, 5.41) is 22.9. The fourth-order valence-corrected chi connectivity index (χ4v) is 3.28. The highest BCUT2D eigenvalue weighted by Gasteiger charge is 2.47. The van der Waals surface area contributed by atoms with Gasteiger partial charge in [-0.3, -0.25) is 0 Å². The van der Waals surface area contributed by atoms with Crippen molar-refractivity contribution in [3.05, 3.63) is 0 Å². The molecule has 17 heavy (non-hydrogen) atoms. The molecule has 2 unspecified atom stereocenters. The van der Waals surface area contributed by atoms with E-state index < -0.39 is 0 Å². The van der Waals surface area contributed by atoms with Crippen molar-refractivity contribution >= 4 is 0 Å². The molecule has 0 aromatic rings. The van der Waals surface area contributed by atoms with E-state index in [0.717, 1.165) is 25.8 Å². The molecule has 2 fully saturated rings. The van der Waals surface area contributed by atoms with Gasteiger partial charge in [-0.2, -0.15) is 0 Å². The molecule has 3 nitrogen and oxygen atoms in total. The Hall–Kier alpha value is -0.120. The van der Waals surface area contributed by atoms with Crippen LogP contribution in [-0.2, 0) is 0 Å². The zero-order valence-corrected chi connectivity index (χ0v) is 11.2. The highest BCUT2D eigenvalue weighted by atomic mass is 16.3. The van der Waals surface area contributed by atoms with Gasteiger partial charge in [0.15, 0.2) is 0 Å². The molecule has 0 aromatic heterocycles. The Morgan fingerprint density at radius 2 is 1.82 bits per heavy atom. The lowest BCUT2D eigenvalue weighted by molar-refractivity contribution is -0.0776. The summed E-state index contributed by atoms with van der Waals surface area (Å²) in [5.74, 6) is 0. The highest BCUT2D eigenvalue weighted by molar-refractivity contribution is 5.02. The Bertz CT molecular complexity index is 259. The minimum absolute atomic E-state index is 0.00862. The van der Waals surface area contributed by atoms with Crippen LogP contribution < -0.4 is 5.32 Å². The van der Waals surface area contributed by atoms with Crippen LogP contribution in [0.4, 0.5) is 0 Å². The van der Waals surface area contributed by atoms with Gasteiger partial charge in [0.25, 0.3) is 0 Å². The van der Waals surface area contributed by atoms with Gasteiger partial charge in [-0.15, -0.1) is 0 Å². The molecule has 100 valence electrons. The van der Waals surface area contributed by atoms with Crippen molar-refractivity contribution in [1.82, 2.24) is 5.32 Å². The molecule has 3 N–H and O–H groups in total. The molecule has 0 spiro atoms. The number of aliphatic hydroxyl groups excluding tert-OH is 2. The smallest absolute Gasteiger partial charge is 0.0621 e. The van der Waals surface area contributed by atoms with Gasteiger partial charge in [0.05, 0.1) is 6.10 Å². The van der Waals surface area contributed by atoms with Crippen molar-refractivity contribution in [2.24, 2.45) is 10.8 Å². The van der Waals surface area contributed by atoms with Crippen LogP contribution in [-0.4, -0.2) is 35.5 Å². The second-order valence-corrected chi connectivity index (χ2v) is 6.73. The summed E-state index contributed by atoms with van der Waals surface area (Å²) in [6.07, 6.45) is 6.79. The second-order valence-electron chi connectivity index (χ2n) is 6.73. The van der Waals surface area contributed by atoms with E-state index in [1.165, 1.54) is 19.3 Å². The molecule has 2 saturated carbocycles. The zero-order valence-electron chi connectivity index (χ0n) is 11.2. The lowest BCUT2D eigenvalue weighted by atomic mass is 9.64. The largest absolute Gasteiger partial charge is 0.396 e. The van der Waals surface area contributed by atoms with Gasteiger partial charge >= 0.3 is 0 Å². The average molecular weight is 241 g/mol. The molecule has 3 heteroatoms. The first-order chi connectivity index (χ1) is 8.00. The fraction of sp³-hybridized carbons (Fsp3) is 1.00. The molecule has 0 amide bonds. The Morgan fingerprint density at radius 1 is 1.18 bits per heavy atom. The van der Waals surface area contributed by atoms with E-state index in [1.54, 1.807) is 0 Å². The van der Waals surface area contributed by atoms with Gasteiger partial charge in [-0.05, 0) is 19.3 Å². The van der Waals surface area contributed by atoms with Gasteiger partial charge < -0.3 is 15.5 Å². The molecule has 0 heterocycles. The molecule has 0 aliphatic heterocycles. The maximum Gasteiger partial charge on any atom is 0.0621 e. The van der Waals surface area contributed by atoms with E-state index in [-0.39, 0.29) is 16.9 Å². The van der Waals surface area contributed by atoms with Gasteiger partial charge in [0.2, 0.25) is 0 Å². The van der Waals surface area contributed by atoms with E-state index in [1.807, 2.05) is 0 Å². The van der Waals surface area contributed by atoms with Gasteiger partial charge in [-0.1, -0.05) is 33.1 Å². The SMILES string of the molecule is CC1(C)C(O)CC1NCC1(CO)CCCCC1. The van der Waals surface area contributed by atoms with E-state index in [2.05, 4.69) is 19.2 Å². The van der Waals surface area contributed by atoms with E-state index in [9.17, 15) is 10.2 Å². The highest BCUT2D eigenvalue weighted by Crippen LogP contribution is 2.42. The second kappa shape index (κ2) is 4.87. The van der Waals surface area contributed by atoms with Crippen LogP contribution in [0, 0.1) is 10.8 Å². The molecular formula is C14H27NO2. The first kappa shape index (κ1) is 13.3. The maximum absolute atomic E-state index is 9.72. The molecule has 2 aliphatic carbocycles. The number of aliphatic hydroxyl groups is 2. The van der Waals surface area contributed by atoms with Crippen molar-refractivity contribution in [2.45, 2.75) is 64.5 Å². The van der Waals surface area contributed by atoms with Crippen LogP contribution in [0.3, 0.4) is 0 Å². The number of hydrogen-bond donors (Lipinski definition) is 3. The van der Waals surface area contributed by atoms with Gasteiger partial charge in [0, 0.05) is 30.0 Å². The summed E-state index contributed by atoms with van der Waals surface area (Å²) in [4.78, 5) is 0. The quantitative estimate of drug-likeness (QED) is 0.702. The van der Waals surface area contributed by atoms with E-state index in [4.69, 9.17) is 0 Å². The summed E-state index contributed by atoms with van der Waals surface area (Å²) >= 11 is 0. The summed E-state index contributed by atoms with van der Waals surface area (Å²) in [7, 11) is 0. The Kier molecular flexibility index (Phi) is 3.81. The summed E-state index contributed by atoms with van der Waals surface area (Å²) in [6.45, 7) is 5.44. The normalized spacial score (nSPS) is 35.3. The molecule has 2 aliphatic rings. The molecule has 2 rings (SSSR count). The average Bonchev–Trinajstić information content (AvgIpc) is 2.35. The van der Waals surface area contributed by atoms with E-state index in [0.29, 0.717) is 12.6 Å². The third-order valence-corrected chi connectivity index (χ3v) is 5.19. The number of hydrogen-bond acceptors (Lipinski definition) is 3. The number of nitrogens with one attached hydrogen (secondary N) is 1. The summed E-state index contributed by atoms with van der Waals surface area (Å²) in [5.41, 5.74) is 0.0974. The monoisotopic (exact) mass is 241 g/mol. The van der Waals surface area contributed by atoms with Gasteiger partial charge in [0.1, 0.15) is 0 Å². The van der Waals surface area contributed by atoms with Crippen LogP contribution in [0.1, 0.15) is 52.4 Å². The molecule has 0 saturated heterocycles. The lowest BCUT2D eigenvalue weighted by Crippen LogP contribution is -2.61. The predicted octanol–water partition coefficient (Wildman–Crippen LogP) is 1.68. The Labute approximate surface area is 105 Å². The van der Waals surface area contributed by atoms with Crippen LogP contribution in [0.5, 0.6) is 0 Å². The third kappa shape index (κ3) is 2.51. The summed E-state index contributed by atoms with van der Waals surface area (Å²) in [6, 6.07) is 0.405. The molecule has 0 bridgehead atoms. The first-order valence-corrected chi connectivity index (χ1v) is 7.02. The fourth-order valence-electron chi connectivity index (χ4n) is 3.28. The van der Waals surface area contributed by atoms with Crippen molar-refractivity contribution in [3.63, 3.8) is 0 Å². The molecule has 0 aromatic carbocycles. The van der Waals surface area contributed by atoms with E-state index >= 15 is 0 Å². The molecular weight excluding hydrogens is 214 g/mol. The zero-order chi connectivity index (χ0) is 12.5. The van der Waals surface area contributed by atoms with Crippen molar-refractivity contribution in [1.29, 1.82) is 0 Å². The molecule has 2 atom stereocenters. The minimum Gasteiger partial charge on any atom is -0.396 e. The Morgan fingerprint density at radius 3 is 2.29 bits per heavy atom. The van der Waals surface area contributed by atoms with Gasteiger partial charge in [-0.25, -0.2) is 0 Å². The predicted molar refractivity (Wildman–Crippen MR) is 68.8 cm³/mol. The number of rotatable bonds is 4. The van der Waals surface area contributed by atoms with Crippen LogP contribution in [0.15, 0.2) is 0 Å². The van der Waals surface area contributed by atoms with Crippen molar-refractivity contribution in [2.75, 3.05) is 13.2 Å². The maximum atomic E-state index is 9.72. The standard InChI is InChI=1S/C14H27NO2/c1-13(2)11(8-12(13)17)15-9-14(10-16)6-4-3-5-7-14/h11-12,15-17H,3-10H2,1-2H3. The van der Waals surface area contributed by atoms with Crippen LogP contribution in [0.25, 0.3) is 0 Å². The minimum atomic E-state index is -0.170. The van der Waals surface area contributed by atoms with Crippen molar-refractivity contribution in [3.8, 4) is 0 Å². The van der Waals surface area contributed by atoms with Crippen molar-refractivity contribution < 1.29 is 10.2 Å². The van der Waals surface area contributed by atoms with Crippen LogP contribution in [0.2, 0.25) is 0 Å². The Balaban J connectivity index is 1.84. The summed E-state index contributed by atoms with van der Waals surface area (Å²) < 4.78 is 0.